The molecule has 0 spiro atoms. The molecular formula is C22H30O4. The lowest BCUT2D eigenvalue weighted by Gasteiger charge is -2.55. The zero-order valence-corrected chi connectivity index (χ0v) is 16.3. The summed E-state index contributed by atoms with van der Waals surface area (Å²) in [5.41, 5.74) is 0.905. The molecule has 0 heterocycles. The smallest absolute Gasteiger partial charge is 0.303 e. The lowest BCUT2D eigenvalue weighted by molar-refractivity contribution is -0.153. The zero-order chi connectivity index (χ0) is 18.9. The largest absolute Gasteiger partial charge is 0.455 e. The molecule has 0 radical (unpaired) electrons. The molecular weight excluding hydrogens is 328 g/mol. The minimum atomic E-state index is -0.668. The highest BCUT2D eigenvalue weighted by Crippen LogP contribution is 2.63. The third-order valence-corrected chi connectivity index (χ3v) is 8.21. The molecule has 142 valence electrons. The van der Waals surface area contributed by atoms with Crippen molar-refractivity contribution < 1.29 is 19.1 Å². The molecule has 4 rings (SSSR count). The highest BCUT2D eigenvalue weighted by atomic mass is 16.5. The van der Waals surface area contributed by atoms with Gasteiger partial charge in [-0.1, -0.05) is 26.3 Å². The first-order valence-electron chi connectivity index (χ1n) is 10.1. The van der Waals surface area contributed by atoms with Crippen LogP contribution < -0.4 is 0 Å². The molecule has 4 aliphatic rings. The Bertz CT molecular complexity index is 707. The van der Waals surface area contributed by atoms with Gasteiger partial charge >= 0.3 is 5.97 Å². The molecule has 3 saturated carbocycles. The third kappa shape index (κ3) is 2.36. The van der Waals surface area contributed by atoms with Crippen LogP contribution in [0.4, 0.5) is 0 Å². The van der Waals surface area contributed by atoms with Crippen LogP contribution in [-0.4, -0.2) is 23.6 Å². The van der Waals surface area contributed by atoms with Gasteiger partial charge in [-0.2, -0.15) is 0 Å². The van der Waals surface area contributed by atoms with Gasteiger partial charge in [-0.3, -0.25) is 14.4 Å². The van der Waals surface area contributed by atoms with E-state index in [-0.39, 0.29) is 28.8 Å². The first kappa shape index (κ1) is 17.9. The molecule has 0 aromatic heterocycles. The highest BCUT2D eigenvalue weighted by Gasteiger charge is 2.63. The minimum Gasteiger partial charge on any atom is -0.455 e. The number of carbonyl (C=O) groups is 3. The maximum absolute atomic E-state index is 13.2. The second kappa shape index (κ2) is 5.77. The van der Waals surface area contributed by atoms with Crippen molar-refractivity contribution in [1.82, 2.24) is 0 Å². The predicted octanol–water partition coefficient (Wildman–Crippen LogP) is 3.88. The van der Waals surface area contributed by atoms with E-state index in [2.05, 4.69) is 13.8 Å². The van der Waals surface area contributed by atoms with E-state index in [4.69, 9.17) is 4.74 Å². The molecule has 4 nitrogen and oxygen atoms in total. The van der Waals surface area contributed by atoms with Crippen molar-refractivity contribution in [2.45, 2.75) is 72.3 Å². The van der Waals surface area contributed by atoms with E-state index in [9.17, 15) is 14.4 Å². The fourth-order valence-corrected chi connectivity index (χ4v) is 6.66. The minimum absolute atomic E-state index is 0.000394. The van der Waals surface area contributed by atoms with Crippen LogP contribution >= 0.6 is 0 Å². The average Bonchev–Trinajstić information content (AvgIpc) is 2.80. The van der Waals surface area contributed by atoms with Gasteiger partial charge in [0.15, 0.2) is 17.7 Å². The fourth-order valence-electron chi connectivity index (χ4n) is 6.66. The second-order valence-corrected chi connectivity index (χ2v) is 9.73. The molecule has 0 saturated heterocycles. The maximum Gasteiger partial charge on any atom is 0.303 e. The van der Waals surface area contributed by atoms with E-state index in [1.807, 2.05) is 13.0 Å². The van der Waals surface area contributed by atoms with Crippen LogP contribution in [0.3, 0.4) is 0 Å². The number of Topliss-reactive ketones (excluding diaryl/α,β-unsaturated/α-hetero) is 1. The van der Waals surface area contributed by atoms with E-state index in [1.165, 1.54) is 18.9 Å². The van der Waals surface area contributed by atoms with Gasteiger partial charge in [-0.15, -0.1) is 0 Å². The number of ether oxygens (including phenoxy) is 1. The van der Waals surface area contributed by atoms with Crippen LogP contribution in [0.1, 0.15) is 66.2 Å². The van der Waals surface area contributed by atoms with Crippen LogP contribution in [0.25, 0.3) is 0 Å². The average molecular weight is 358 g/mol. The van der Waals surface area contributed by atoms with Crippen LogP contribution in [0.15, 0.2) is 11.6 Å². The molecule has 0 aromatic rings. The Hall–Kier alpha value is -1.45. The van der Waals surface area contributed by atoms with E-state index >= 15 is 0 Å². The van der Waals surface area contributed by atoms with Crippen LogP contribution in [0.5, 0.6) is 0 Å². The SMILES string of the molecule is CC(=O)O[C@@H]1CC2C3C(=O)C=C4C[C@H](C)CC[C@]4(C)C3CC[C@]2(C)C1=O. The molecule has 3 unspecified atom stereocenters. The van der Waals surface area contributed by atoms with Gasteiger partial charge in [-0.05, 0) is 67.8 Å². The molecule has 3 fully saturated rings. The van der Waals surface area contributed by atoms with Crippen molar-refractivity contribution >= 4 is 17.5 Å². The molecule has 26 heavy (non-hydrogen) atoms. The molecule has 4 heteroatoms. The number of ketones is 2. The number of allylic oxidation sites excluding steroid dienone is 2. The Kier molecular flexibility index (Phi) is 3.98. The standard InChI is InChI=1S/C22H30O4/c1-12-5-7-21(3)14(9-12)10-17(24)19-15(21)6-8-22(4)16(19)11-18(20(22)25)26-13(2)23/h10,12,15-16,18-19H,5-9,11H2,1-4H3/t12-,15?,16?,18-,19?,21+,22+/m1/s1. The van der Waals surface area contributed by atoms with Crippen molar-refractivity contribution in [3.8, 4) is 0 Å². The van der Waals surface area contributed by atoms with Crippen molar-refractivity contribution in [1.29, 1.82) is 0 Å². The number of carbonyl (C=O) groups excluding carboxylic acids is 3. The molecule has 4 aliphatic carbocycles. The summed E-state index contributed by atoms with van der Waals surface area (Å²) in [6.07, 6.45) is 6.87. The quantitative estimate of drug-likeness (QED) is 0.668. The maximum atomic E-state index is 13.2. The number of fused-ring (bicyclic) bond motifs is 5. The van der Waals surface area contributed by atoms with Crippen molar-refractivity contribution in [2.24, 2.45) is 34.5 Å². The summed E-state index contributed by atoms with van der Waals surface area (Å²) in [4.78, 5) is 37.6. The van der Waals surface area contributed by atoms with Crippen LogP contribution in [0, 0.1) is 34.5 Å². The summed E-state index contributed by atoms with van der Waals surface area (Å²) in [6, 6.07) is 0. The Morgan fingerprint density at radius 3 is 2.50 bits per heavy atom. The van der Waals surface area contributed by atoms with Gasteiger partial charge in [0.1, 0.15) is 0 Å². The summed E-state index contributed by atoms with van der Waals surface area (Å²) >= 11 is 0. The highest BCUT2D eigenvalue weighted by molar-refractivity contribution is 5.98. The Balaban J connectivity index is 1.71. The van der Waals surface area contributed by atoms with Crippen molar-refractivity contribution in [3.63, 3.8) is 0 Å². The van der Waals surface area contributed by atoms with Crippen LogP contribution in [-0.2, 0) is 19.1 Å². The summed E-state index contributed by atoms with van der Waals surface area (Å²) in [5.74, 6) is 0.704. The number of esters is 1. The molecule has 7 atom stereocenters. The first-order valence-corrected chi connectivity index (χ1v) is 10.1. The number of hydrogen-bond acceptors (Lipinski definition) is 4. The van der Waals surface area contributed by atoms with Gasteiger partial charge in [0.05, 0.1) is 0 Å². The van der Waals surface area contributed by atoms with E-state index in [0.29, 0.717) is 18.3 Å². The van der Waals surface area contributed by atoms with E-state index in [0.717, 1.165) is 25.7 Å². The second-order valence-electron chi connectivity index (χ2n) is 9.73. The Labute approximate surface area is 155 Å². The zero-order valence-electron chi connectivity index (χ0n) is 16.3. The van der Waals surface area contributed by atoms with Gasteiger partial charge in [-0.25, -0.2) is 0 Å². The first-order chi connectivity index (χ1) is 12.2. The van der Waals surface area contributed by atoms with Gasteiger partial charge in [0.25, 0.3) is 0 Å². The third-order valence-electron chi connectivity index (χ3n) is 8.21. The van der Waals surface area contributed by atoms with Crippen molar-refractivity contribution in [2.75, 3.05) is 0 Å². The predicted molar refractivity (Wildman–Crippen MR) is 97.2 cm³/mol. The van der Waals surface area contributed by atoms with E-state index < -0.39 is 17.5 Å². The van der Waals surface area contributed by atoms with Gasteiger partial charge in [0.2, 0.25) is 0 Å². The van der Waals surface area contributed by atoms with Gasteiger partial charge in [0, 0.05) is 18.3 Å². The fraction of sp³-hybridized carbons (Fsp3) is 0.773. The van der Waals surface area contributed by atoms with E-state index in [1.54, 1.807) is 0 Å². The summed E-state index contributed by atoms with van der Waals surface area (Å²) in [7, 11) is 0. The molecule has 0 amide bonds. The molecule has 0 bridgehead atoms. The topological polar surface area (TPSA) is 60.4 Å². The summed E-state index contributed by atoms with van der Waals surface area (Å²) in [5, 5.41) is 0. The molecule has 0 aliphatic heterocycles. The monoisotopic (exact) mass is 358 g/mol. The molecule has 0 N–H and O–H groups in total. The number of rotatable bonds is 1. The molecule has 0 aromatic carbocycles. The summed E-state index contributed by atoms with van der Waals surface area (Å²) < 4.78 is 5.33. The normalized spacial score (nSPS) is 47.5. The summed E-state index contributed by atoms with van der Waals surface area (Å²) in [6.45, 7) is 7.97. The lowest BCUT2D eigenvalue weighted by atomic mass is 9.47. The Morgan fingerprint density at radius 2 is 1.81 bits per heavy atom. The number of hydrogen-bond donors (Lipinski definition) is 0. The van der Waals surface area contributed by atoms with Crippen LogP contribution in [0.2, 0.25) is 0 Å². The van der Waals surface area contributed by atoms with Gasteiger partial charge < -0.3 is 4.74 Å². The van der Waals surface area contributed by atoms with Crippen molar-refractivity contribution in [3.05, 3.63) is 11.6 Å². The lowest BCUT2D eigenvalue weighted by Crippen LogP contribution is -2.53. The Morgan fingerprint density at radius 1 is 1.12 bits per heavy atom.